The summed E-state index contributed by atoms with van der Waals surface area (Å²) in [5.74, 6) is -0.925. The third-order valence-electron chi connectivity index (χ3n) is 2.79. The highest BCUT2D eigenvalue weighted by atomic mass is 16.6. The SMILES string of the molecule is Cc1ccncc1C(=O)O.OC[C@H]1OC(O)[C@H](O)[C@@H]1O. The molecule has 8 nitrogen and oxygen atoms in total. The molecule has 1 aromatic heterocycles. The fraction of sp³-hybridized carbons (Fsp3) is 0.500. The Balaban J connectivity index is 0.000000200. The number of carboxylic acids is 1. The second-order valence-electron chi connectivity index (χ2n) is 4.22. The average molecular weight is 287 g/mol. The highest BCUT2D eigenvalue weighted by Crippen LogP contribution is 2.18. The Bertz CT molecular complexity index is 453. The zero-order valence-corrected chi connectivity index (χ0v) is 10.7. The van der Waals surface area contributed by atoms with Crippen LogP contribution in [0.25, 0.3) is 0 Å². The van der Waals surface area contributed by atoms with Crippen LogP contribution in [0.2, 0.25) is 0 Å². The lowest BCUT2D eigenvalue weighted by Gasteiger charge is -2.09. The molecular weight excluding hydrogens is 270 g/mol. The van der Waals surface area contributed by atoms with Crippen molar-refractivity contribution in [2.24, 2.45) is 0 Å². The van der Waals surface area contributed by atoms with Crippen LogP contribution in [0, 0.1) is 6.92 Å². The molecule has 1 aliphatic rings. The molecule has 2 heterocycles. The van der Waals surface area contributed by atoms with Crippen LogP contribution in [0.1, 0.15) is 15.9 Å². The predicted octanol–water partition coefficient (Wildman–Crippen LogP) is -1.49. The quantitative estimate of drug-likeness (QED) is 0.443. The highest BCUT2D eigenvalue weighted by Gasteiger charge is 2.41. The molecular formula is C12H17NO7. The molecule has 0 saturated carbocycles. The number of hydrogen-bond acceptors (Lipinski definition) is 7. The number of pyridine rings is 1. The summed E-state index contributed by atoms with van der Waals surface area (Å²) < 4.78 is 4.54. The number of carbonyl (C=O) groups is 1. The van der Waals surface area contributed by atoms with Gasteiger partial charge in [-0.3, -0.25) is 4.98 Å². The molecule has 1 fully saturated rings. The van der Waals surface area contributed by atoms with Crippen molar-refractivity contribution in [1.29, 1.82) is 0 Å². The van der Waals surface area contributed by atoms with Crippen LogP contribution in [-0.4, -0.2) is 67.7 Å². The summed E-state index contributed by atoms with van der Waals surface area (Å²) in [4.78, 5) is 14.1. The number of carboxylic acid groups (broad SMARTS) is 1. The van der Waals surface area contributed by atoms with Gasteiger partial charge in [-0.15, -0.1) is 0 Å². The lowest BCUT2D eigenvalue weighted by Crippen LogP contribution is -2.33. The topological polar surface area (TPSA) is 140 Å². The molecule has 8 heteroatoms. The molecule has 2 rings (SSSR count). The van der Waals surface area contributed by atoms with Gasteiger partial charge in [0.05, 0.1) is 12.2 Å². The molecule has 20 heavy (non-hydrogen) atoms. The first-order chi connectivity index (χ1) is 9.38. The third-order valence-corrected chi connectivity index (χ3v) is 2.79. The smallest absolute Gasteiger partial charge is 0.337 e. The number of ether oxygens (including phenoxy) is 1. The first-order valence-electron chi connectivity index (χ1n) is 5.83. The normalized spacial score (nSPS) is 28.6. The Morgan fingerprint density at radius 1 is 1.35 bits per heavy atom. The van der Waals surface area contributed by atoms with Crippen molar-refractivity contribution in [3.05, 3.63) is 29.6 Å². The lowest BCUT2D eigenvalue weighted by atomic mass is 10.1. The number of aliphatic hydroxyl groups excluding tert-OH is 4. The van der Waals surface area contributed by atoms with E-state index in [4.69, 9.17) is 25.5 Å². The lowest BCUT2D eigenvalue weighted by molar-refractivity contribution is -0.132. The van der Waals surface area contributed by atoms with E-state index in [9.17, 15) is 4.79 Å². The van der Waals surface area contributed by atoms with Gasteiger partial charge in [-0.25, -0.2) is 4.79 Å². The maximum Gasteiger partial charge on any atom is 0.337 e. The van der Waals surface area contributed by atoms with Crippen LogP contribution in [0.5, 0.6) is 0 Å². The number of aryl methyl sites for hydroxylation is 1. The second kappa shape index (κ2) is 7.27. The van der Waals surface area contributed by atoms with E-state index in [0.717, 1.165) is 5.56 Å². The summed E-state index contributed by atoms with van der Waals surface area (Å²) >= 11 is 0. The molecule has 5 N–H and O–H groups in total. The van der Waals surface area contributed by atoms with E-state index in [-0.39, 0.29) is 5.56 Å². The Morgan fingerprint density at radius 2 is 2.00 bits per heavy atom. The van der Waals surface area contributed by atoms with Gasteiger partial charge in [-0.2, -0.15) is 0 Å². The average Bonchev–Trinajstić information content (AvgIpc) is 2.67. The monoisotopic (exact) mass is 287 g/mol. The van der Waals surface area contributed by atoms with Crippen LogP contribution in [0.4, 0.5) is 0 Å². The molecule has 0 bridgehead atoms. The van der Waals surface area contributed by atoms with Crippen molar-refractivity contribution in [1.82, 2.24) is 4.98 Å². The standard InChI is InChI=1S/C7H7NO2.C5H10O5/c1-5-2-3-8-4-6(5)7(9)10;6-1-2-3(7)4(8)5(9)10-2/h2-4H,1H3,(H,9,10);2-9H,1H2/t;2-,3-,4-,5?/m.1/s1. The fourth-order valence-electron chi connectivity index (χ4n) is 1.57. The Labute approximate surface area is 114 Å². The van der Waals surface area contributed by atoms with Gasteiger partial charge in [0.25, 0.3) is 0 Å². The van der Waals surface area contributed by atoms with Gasteiger partial charge in [-0.05, 0) is 18.6 Å². The van der Waals surface area contributed by atoms with Crippen LogP contribution in [0.3, 0.4) is 0 Å². The fourth-order valence-corrected chi connectivity index (χ4v) is 1.57. The summed E-state index contributed by atoms with van der Waals surface area (Å²) in [5, 5.41) is 43.5. The van der Waals surface area contributed by atoms with Gasteiger partial charge >= 0.3 is 5.97 Å². The predicted molar refractivity (Wildman–Crippen MR) is 65.9 cm³/mol. The van der Waals surface area contributed by atoms with E-state index < -0.39 is 37.2 Å². The van der Waals surface area contributed by atoms with Crippen LogP contribution < -0.4 is 0 Å². The Morgan fingerprint density at radius 3 is 2.30 bits per heavy atom. The summed E-state index contributed by atoms with van der Waals surface area (Å²) in [6.45, 7) is 1.33. The second-order valence-corrected chi connectivity index (χ2v) is 4.22. The number of aromatic carboxylic acids is 1. The first kappa shape index (κ1) is 16.5. The first-order valence-corrected chi connectivity index (χ1v) is 5.83. The van der Waals surface area contributed by atoms with E-state index >= 15 is 0 Å². The van der Waals surface area contributed by atoms with E-state index in [0.29, 0.717) is 0 Å². The van der Waals surface area contributed by atoms with E-state index in [1.807, 2.05) is 0 Å². The van der Waals surface area contributed by atoms with Crippen molar-refractivity contribution in [3.63, 3.8) is 0 Å². The van der Waals surface area contributed by atoms with Crippen LogP contribution in [-0.2, 0) is 4.74 Å². The molecule has 0 aromatic carbocycles. The van der Waals surface area contributed by atoms with E-state index in [1.54, 1.807) is 19.2 Å². The van der Waals surface area contributed by atoms with Gasteiger partial charge in [-0.1, -0.05) is 0 Å². The van der Waals surface area contributed by atoms with Crippen molar-refractivity contribution in [2.45, 2.75) is 31.5 Å². The Kier molecular flexibility index (Phi) is 5.99. The minimum Gasteiger partial charge on any atom is -0.478 e. The van der Waals surface area contributed by atoms with E-state index in [2.05, 4.69) is 9.72 Å². The van der Waals surface area contributed by atoms with Crippen molar-refractivity contribution >= 4 is 5.97 Å². The van der Waals surface area contributed by atoms with Gasteiger partial charge in [0, 0.05) is 12.4 Å². The zero-order valence-electron chi connectivity index (χ0n) is 10.7. The molecule has 0 aliphatic carbocycles. The molecule has 0 spiro atoms. The van der Waals surface area contributed by atoms with Gasteiger partial charge in [0.15, 0.2) is 6.29 Å². The summed E-state index contributed by atoms with van der Waals surface area (Å²) in [7, 11) is 0. The summed E-state index contributed by atoms with van der Waals surface area (Å²) in [6, 6.07) is 1.67. The third kappa shape index (κ3) is 3.95. The van der Waals surface area contributed by atoms with Crippen molar-refractivity contribution < 1.29 is 35.1 Å². The number of aliphatic hydroxyl groups is 4. The number of hydrogen-bond donors (Lipinski definition) is 5. The molecule has 1 aliphatic heterocycles. The summed E-state index contributed by atoms with van der Waals surface area (Å²) in [5.41, 5.74) is 1.00. The number of rotatable bonds is 2. The van der Waals surface area contributed by atoms with Crippen LogP contribution in [0.15, 0.2) is 18.5 Å². The maximum absolute atomic E-state index is 10.4. The van der Waals surface area contributed by atoms with Gasteiger partial charge in [0.2, 0.25) is 0 Å². The molecule has 0 amide bonds. The maximum atomic E-state index is 10.4. The number of nitrogens with zero attached hydrogens (tertiary/aromatic N) is 1. The highest BCUT2D eigenvalue weighted by molar-refractivity contribution is 5.88. The van der Waals surface area contributed by atoms with Gasteiger partial charge < -0.3 is 30.3 Å². The van der Waals surface area contributed by atoms with Crippen LogP contribution >= 0.6 is 0 Å². The minimum absolute atomic E-state index is 0.266. The summed E-state index contributed by atoms with van der Waals surface area (Å²) in [6.07, 6.45) is -1.84. The zero-order chi connectivity index (χ0) is 15.3. The molecule has 4 atom stereocenters. The Hall–Kier alpha value is -1.58. The van der Waals surface area contributed by atoms with Crippen molar-refractivity contribution in [2.75, 3.05) is 6.61 Å². The van der Waals surface area contributed by atoms with Crippen molar-refractivity contribution in [3.8, 4) is 0 Å². The van der Waals surface area contributed by atoms with E-state index in [1.165, 1.54) is 6.20 Å². The molecule has 1 aromatic rings. The molecule has 0 radical (unpaired) electrons. The number of aromatic nitrogens is 1. The molecule has 112 valence electrons. The van der Waals surface area contributed by atoms with Gasteiger partial charge in [0.1, 0.15) is 18.3 Å². The minimum atomic E-state index is -1.38. The molecule has 1 saturated heterocycles. The molecule has 1 unspecified atom stereocenters. The largest absolute Gasteiger partial charge is 0.478 e.